The lowest BCUT2D eigenvalue weighted by molar-refractivity contribution is 0.101. The van der Waals surface area contributed by atoms with Gasteiger partial charge < -0.3 is 10.4 Å². The summed E-state index contributed by atoms with van der Waals surface area (Å²) in [5.41, 5.74) is 3.37. The van der Waals surface area contributed by atoms with Crippen molar-refractivity contribution in [2.24, 2.45) is 9.98 Å². The summed E-state index contributed by atoms with van der Waals surface area (Å²) in [5, 5.41) is 14.7. The Balaban J connectivity index is 2.03. The number of aliphatic hydroxyl groups is 1. The van der Waals surface area contributed by atoms with Gasteiger partial charge in [-0.15, -0.1) is 0 Å². The molecule has 2 aromatic carbocycles. The molecule has 0 radical (unpaired) electrons. The first-order chi connectivity index (χ1) is 12.9. The predicted octanol–water partition coefficient (Wildman–Crippen LogP) is 4.51. The van der Waals surface area contributed by atoms with Crippen molar-refractivity contribution in [2.45, 2.75) is 58.1 Å². The third kappa shape index (κ3) is 3.74. The Morgan fingerprint density at radius 2 is 1.29 bits per heavy atom. The summed E-state index contributed by atoms with van der Waals surface area (Å²) < 4.78 is 0. The molecular weight excluding hydrogens is 346 g/mol. The van der Waals surface area contributed by atoms with Crippen LogP contribution in [0.25, 0.3) is 0 Å². The van der Waals surface area contributed by atoms with E-state index < -0.39 is 5.72 Å². The Bertz CT molecular complexity index is 910. The maximum absolute atomic E-state index is 11.6. The van der Waals surface area contributed by atoms with Crippen LogP contribution in [0.4, 0.5) is 0 Å². The van der Waals surface area contributed by atoms with Gasteiger partial charge >= 0.3 is 0 Å². The van der Waals surface area contributed by atoms with Crippen LogP contribution in [-0.2, 0) is 16.6 Å². The fraction of sp³-hybridized carbons (Fsp3) is 0.417. The minimum absolute atomic E-state index is 0.0556. The number of nitrogens with zero attached hydrogens (tertiary/aromatic N) is 2. The van der Waals surface area contributed by atoms with Gasteiger partial charge in [-0.3, -0.25) is 4.99 Å². The van der Waals surface area contributed by atoms with Gasteiger partial charge in [-0.05, 0) is 22.0 Å². The molecule has 1 aliphatic heterocycles. The van der Waals surface area contributed by atoms with Gasteiger partial charge in [-0.2, -0.15) is 0 Å². The van der Waals surface area contributed by atoms with Crippen molar-refractivity contribution in [2.75, 3.05) is 7.05 Å². The molecular formula is C24H31N3O. The molecule has 0 spiro atoms. The van der Waals surface area contributed by atoms with Gasteiger partial charge in [0.1, 0.15) is 5.71 Å². The van der Waals surface area contributed by atoms with Gasteiger partial charge in [-0.1, -0.05) is 90.1 Å². The zero-order valence-electron chi connectivity index (χ0n) is 18.0. The smallest absolute Gasteiger partial charge is 0.220 e. The van der Waals surface area contributed by atoms with Gasteiger partial charge in [0.25, 0.3) is 0 Å². The first-order valence-electron chi connectivity index (χ1n) is 9.73. The van der Waals surface area contributed by atoms with Gasteiger partial charge in [0.15, 0.2) is 0 Å². The topological polar surface area (TPSA) is 57.0 Å². The first-order valence-corrected chi connectivity index (χ1v) is 9.73. The molecule has 4 heteroatoms. The number of hydrogen-bond acceptors (Lipinski definition) is 2. The quantitative estimate of drug-likeness (QED) is 0.809. The first kappa shape index (κ1) is 20.3. The van der Waals surface area contributed by atoms with E-state index in [4.69, 9.17) is 0 Å². The number of nitrogens with one attached hydrogen (secondary N) is 1. The second-order valence-corrected chi connectivity index (χ2v) is 9.50. The van der Waals surface area contributed by atoms with Crippen LogP contribution in [0.3, 0.4) is 0 Å². The molecule has 1 unspecified atom stereocenters. The largest absolute Gasteiger partial charge is 0.362 e. The van der Waals surface area contributed by atoms with Crippen LogP contribution < -0.4 is 5.32 Å². The Kier molecular flexibility index (Phi) is 4.96. The molecule has 0 saturated heterocycles. The van der Waals surface area contributed by atoms with Gasteiger partial charge in [0, 0.05) is 18.2 Å². The number of benzene rings is 2. The third-order valence-electron chi connectivity index (χ3n) is 5.26. The number of guanidine groups is 1. The minimum atomic E-state index is -1.41. The summed E-state index contributed by atoms with van der Waals surface area (Å²) >= 11 is 0. The van der Waals surface area contributed by atoms with E-state index in [0.29, 0.717) is 11.7 Å². The average molecular weight is 378 g/mol. The fourth-order valence-corrected chi connectivity index (χ4v) is 3.36. The molecule has 28 heavy (non-hydrogen) atoms. The highest BCUT2D eigenvalue weighted by molar-refractivity contribution is 6.17. The van der Waals surface area contributed by atoms with Crippen molar-refractivity contribution in [1.29, 1.82) is 0 Å². The summed E-state index contributed by atoms with van der Waals surface area (Å²) in [6, 6.07) is 16.3. The Hall–Kier alpha value is -2.46. The van der Waals surface area contributed by atoms with Crippen molar-refractivity contribution in [1.82, 2.24) is 5.32 Å². The molecule has 0 bridgehead atoms. The Morgan fingerprint density at radius 3 is 1.71 bits per heavy atom. The van der Waals surface area contributed by atoms with E-state index in [1.807, 2.05) is 24.3 Å². The highest BCUT2D eigenvalue weighted by Crippen LogP contribution is 2.31. The molecule has 1 atom stereocenters. The lowest BCUT2D eigenvalue weighted by atomic mass is 9.84. The van der Waals surface area contributed by atoms with Gasteiger partial charge in [-0.25, -0.2) is 4.99 Å². The van der Waals surface area contributed by atoms with E-state index in [9.17, 15) is 5.11 Å². The zero-order chi connectivity index (χ0) is 20.7. The molecule has 0 amide bonds. The minimum Gasteiger partial charge on any atom is -0.362 e. The monoisotopic (exact) mass is 377 g/mol. The Morgan fingerprint density at radius 1 is 0.821 bits per heavy atom. The van der Waals surface area contributed by atoms with Gasteiger partial charge in [0.2, 0.25) is 11.7 Å². The molecule has 0 aliphatic carbocycles. The van der Waals surface area contributed by atoms with Crippen LogP contribution in [0.2, 0.25) is 0 Å². The van der Waals surface area contributed by atoms with Crippen LogP contribution in [0.15, 0.2) is 58.5 Å². The van der Waals surface area contributed by atoms with Crippen molar-refractivity contribution >= 4 is 11.7 Å². The Labute approximate surface area is 168 Å². The molecule has 148 valence electrons. The highest BCUT2D eigenvalue weighted by atomic mass is 16.3. The van der Waals surface area contributed by atoms with E-state index in [1.54, 1.807) is 7.05 Å². The van der Waals surface area contributed by atoms with Crippen molar-refractivity contribution < 1.29 is 5.11 Å². The van der Waals surface area contributed by atoms with E-state index in [2.05, 4.69) is 81.1 Å². The third-order valence-corrected chi connectivity index (χ3v) is 5.26. The lowest BCUT2D eigenvalue weighted by Gasteiger charge is -2.27. The standard InChI is InChI=1S/C24H31N3O/c1-22(2,3)17-10-8-16(9-11-17)20-24(28,27-21(25-7)26-20)19-14-12-18(13-15-19)23(4,5)6/h8-15,28H,1-7H3,(H,25,27). The second-order valence-electron chi connectivity index (χ2n) is 9.50. The van der Waals surface area contributed by atoms with Gasteiger partial charge in [0.05, 0.1) is 0 Å². The molecule has 0 aromatic heterocycles. The van der Waals surface area contributed by atoms with Crippen LogP contribution in [0.5, 0.6) is 0 Å². The second kappa shape index (κ2) is 6.85. The SMILES string of the molecule is CN=C1N=C(c2ccc(C(C)(C)C)cc2)C(O)(c2ccc(C(C)(C)C)cc2)N1. The zero-order valence-corrected chi connectivity index (χ0v) is 18.0. The lowest BCUT2D eigenvalue weighted by Crippen LogP contribution is -2.46. The summed E-state index contributed by atoms with van der Waals surface area (Å²) in [6.07, 6.45) is 0. The highest BCUT2D eigenvalue weighted by Gasteiger charge is 2.42. The molecule has 1 heterocycles. The molecule has 1 aliphatic rings. The molecule has 2 N–H and O–H groups in total. The van der Waals surface area contributed by atoms with Crippen LogP contribution >= 0.6 is 0 Å². The summed E-state index contributed by atoms with van der Waals surface area (Å²) in [4.78, 5) is 8.73. The van der Waals surface area contributed by atoms with E-state index in [-0.39, 0.29) is 10.8 Å². The van der Waals surface area contributed by atoms with E-state index in [1.165, 1.54) is 11.1 Å². The van der Waals surface area contributed by atoms with Crippen LogP contribution in [0, 0.1) is 0 Å². The fourth-order valence-electron chi connectivity index (χ4n) is 3.36. The van der Waals surface area contributed by atoms with E-state index in [0.717, 1.165) is 11.1 Å². The maximum atomic E-state index is 11.6. The average Bonchev–Trinajstić information content (AvgIpc) is 2.99. The summed E-state index contributed by atoms with van der Waals surface area (Å²) in [6.45, 7) is 13.1. The van der Waals surface area contributed by atoms with Crippen molar-refractivity contribution in [3.8, 4) is 0 Å². The molecule has 0 fully saturated rings. The molecule has 4 nitrogen and oxygen atoms in total. The van der Waals surface area contributed by atoms with Crippen LogP contribution in [0.1, 0.15) is 63.8 Å². The van der Waals surface area contributed by atoms with Crippen LogP contribution in [-0.4, -0.2) is 23.8 Å². The summed E-state index contributed by atoms with van der Waals surface area (Å²) in [7, 11) is 1.67. The predicted molar refractivity (Wildman–Crippen MR) is 117 cm³/mol. The number of hydrogen-bond donors (Lipinski definition) is 2. The molecule has 3 rings (SSSR count). The van der Waals surface area contributed by atoms with E-state index >= 15 is 0 Å². The van der Waals surface area contributed by atoms with Crippen molar-refractivity contribution in [3.63, 3.8) is 0 Å². The normalized spacial score (nSPS) is 21.6. The number of rotatable bonds is 2. The molecule has 0 saturated carbocycles. The number of aliphatic imine (C=N–C) groups is 2. The summed E-state index contributed by atoms with van der Waals surface area (Å²) in [5.74, 6) is 0.428. The van der Waals surface area contributed by atoms with Crippen molar-refractivity contribution in [3.05, 3.63) is 70.8 Å². The maximum Gasteiger partial charge on any atom is 0.220 e. The molecule has 2 aromatic rings.